The number of halogens is 2. The van der Waals surface area contributed by atoms with Crippen LogP contribution >= 0.6 is 11.6 Å². The lowest BCUT2D eigenvalue weighted by Crippen LogP contribution is -2.51. The SMILES string of the molecule is CCn1cc2c(Cl)c(-c3n[nH]c4nc(N(C)[C@@H]5CCC[C@H](N)[C@@H]5F)c(C)nc34)ccc2n1. The molecule has 3 N–H and O–H groups in total. The van der Waals surface area contributed by atoms with Gasteiger partial charge in [-0.05, 0) is 45.2 Å². The summed E-state index contributed by atoms with van der Waals surface area (Å²) in [6, 6.07) is 3.07. The second-order valence-corrected chi connectivity index (χ2v) is 8.84. The van der Waals surface area contributed by atoms with E-state index in [1.54, 1.807) is 0 Å². The molecule has 10 heteroatoms. The first-order chi connectivity index (χ1) is 15.4. The Labute approximate surface area is 190 Å². The summed E-state index contributed by atoms with van der Waals surface area (Å²) < 4.78 is 16.6. The molecular weight excluding hydrogens is 431 g/mol. The van der Waals surface area contributed by atoms with Crippen LogP contribution in [0, 0.1) is 6.92 Å². The van der Waals surface area contributed by atoms with E-state index in [0.717, 1.165) is 35.9 Å². The van der Waals surface area contributed by atoms with Crippen molar-refractivity contribution in [2.24, 2.45) is 5.73 Å². The van der Waals surface area contributed by atoms with Gasteiger partial charge in [-0.25, -0.2) is 14.4 Å². The lowest BCUT2D eigenvalue weighted by Gasteiger charge is -2.37. The van der Waals surface area contributed by atoms with Crippen LogP contribution < -0.4 is 10.6 Å². The van der Waals surface area contributed by atoms with E-state index in [9.17, 15) is 4.39 Å². The average Bonchev–Trinajstić information content (AvgIpc) is 3.39. The number of rotatable bonds is 4. The van der Waals surface area contributed by atoms with Crippen LogP contribution in [-0.4, -0.2) is 55.2 Å². The van der Waals surface area contributed by atoms with Gasteiger partial charge in [-0.15, -0.1) is 0 Å². The molecule has 1 aliphatic rings. The number of hydrogen-bond acceptors (Lipinski definition) is 6. The van der Waals surface area contributed by atoms with Gasteiger partial charge >= 0.3 is 0 Å². The van der Waals surface area contributed by atoms with Crippen LogP contribution in [0.25, 0.3) is 33.3 Å². The molecule has 0 spiro atoms. The van der Waals surface area contributed by atoms with Crippen molar-refractivity contribution in [3.63, 3.8) is 0 Å². The number of nitrogens with two attached hydrogens (primary N) is 1. The predicted molar refractivity (Wildman–Crippen MR) is 125 cm³/mol. The lowest BCUT2D eigenvalue weighted by atomic mass is 9.89. The van der Waals surface area contributed by atoms with Gasteiger partial charge in [0, 0.05) is 36.8 Å². The summed E-state index contributed by atoms with van der Waals surface area (Å²) in [5.74, 6) is 0.625. The molecule has 8 nitrogen and oxygen atoms in total. The third-order valence-corrected chi connectivity index (χ3v) is 6.85. The van der Waals surface area contributed by atoms with Crippen LogP contribution in [0.3, 0.4) is 0 Å². The first-order valence-corrected chi connectivity index (χ1v) is 11.3. The number of hydrogen-bond donors (Lipinski definition) is 2. The lowest BCUT2D eigenvalue weighted by molar-refractivity contribution is 0.184. The van der Waals surface area contributed by atoms with Crippen molar-refractivity contribution in [3.8, 4) is 11.3 Å². The Bertz CT molecular complexity index is 1300. The molecule has 1 fully saturated rings. The van der Waals surface area contributed by atoms with Crippen molar-refractivity contribution >= 4 is 39.5 Å². The highest BCUT2D eigenvalue weighted by molar-refractivity contribution is 6.38. The average molecular weight is 457 g/mol. The van der Waals surface area contributed by atoms with Crippen LogP contribution in [0.2, 0.25) is 5.02 Å². The second kappa shape index (κ2) is 7.97. The number of nitrogens with zero attached hydrogens (tertiary/aromatic N) is 6. The fourth-order valence-electron chi connectivity index (χ4n) is 4.62. The Kier molecular flexibility index (Phi) is 5.25. The zero-order valence-corrected chi connectivity index (χ0v) is 19.1. The number of aryl methyl sites for hydroxylation is 2. The van der Waals surface area contributed by atoms with Crippen molar-refractivity contribution in [1.29, 1.82) is 0 Å². The molecule has 0 aliphatic heterocycles. The van der Waals surface area contributed by atoms with Crippen molar-refractivity contribution in [1.82, 2.24) is 29.9 Å². The van der Waals surface area contributed by atoms with Crippen molar-refractivity contribution in [2.45, 2.75) is 57.9 Å². The number of alkyl halides is 1. The van der Waals surface area contributed by atoms with Gasteiger partial charge < -0.3 is 10.6 Å². The summed E-state index contributed by atoms with van der Waals surface area (Å²) in [6.07, 6.45) is 3.18. The van der Waals surface area contributed by atoms with Gasteiger partial charge in [0.2, 0.25) is 0 Å². The van der Waals surface area contributed by atoms with Crippen LogP contribution in [0.1, 0.15) is 31.9 Å². The molecule has 1 aliphatic carbocycles. The van der Waals surface area contributed by atoms with E-state index in [1.165, 1.54) is 0 Å². The molecule has 32 heavy (non-hydrogen) atoms. The van der Waals surface area contributed by atoms with Crippen molar-refractivity contribution < 1.29 is 4.39 Å². The highest BCUT2D eigenvalue weighted by atomic mass is 35.5. The molecule has 3 aromatic heterocycles. The number of aromatic nitrogens is 6. The van der Waals surface area contributed by atoms with Gasteiger partial charge in [-0.2, -0.15) is 10.2 Å². The van der Waals surface area contributed by atoms with Gasteiger partial charge in [0.05, 0.1) is 22.3 Å². The van der Waals surface area contributed by atoms with E-state index in [1.807, 2.05) is 48.8 Å². The van der Waals surface area contributed by atoms with E-state index in [-0.39, 0.29) is 6.04 Å². The summed E-state index contributed by atoms with van der Waals surface area (Å²) in [7, 11) is 1.85. The number of nitrogens with one attached hydrogen (secondary N) is 1. The van der Waals surface area contributed by atoms with Gasteiger partial charge in [-0.1, -0.05) is 11.6 Å². The van der Waals surface area contributed by atoms with Gasteiger partial charge in [-0.3, -0.25) is 9.78 Å². The summed E-state index contributed by atoms with van der Waals surface area (Å²) in [4.78, 5) is 11.4. The molecule has 3 atom stereocenters. The molecule has 1 saturated carbocycles. The molecule has 0 unspecified atom stereocenters. The van der Waals surface area contributed by atoms with E-state index in [4.69, 9.17) is 27.3 Å². The van der Waals surface area contributed by atoms with Crippen LogP contribution in [-0.2, 0) is 6.54 Å². The van der Waals surface area contributed by atoms with Crippen LogP contribution in [0.5, 0.6) is 0 Å². The zero-order chi connectivity index (χ0) is 22.6. The molecule has 168 valence electrons. The Balaban J connectivity index is 1.56. The fraction of sp³-hybridized carbons (Fsp3) is 0.455. The van der Waals surface area contributed by atoms with Crippen molar-refractivity contribution in [2.75, 3.05) is 11.9 Å². The van der Waals surface area contributed by atoms with E-state index < -0.39 is 12.2 Å². The first kappa shape index (κ1) is 21.1. The predicted octanol–water partition coefficient (Wildman–Crippen LogP) is 4.01. The Morgan fingerprint density at radius 1 is 1.31 bits per heavy atom. The normalized spacial score (nSPS) is 21.5. The highest BCUT2D eigenvalue weighted by Crippen LogP contribution is 2.36. The Morgan fingerprint density at radius 2 is 2.12 bits per heavy atom. The smallest absolute Gasteiger partial charge is 0.177 e. The number of aromatic amines is 1. The minimum atomic E-state index is -1.10. The number of anilines is 1. The minimum absolute atomic E-state index is 0.321. The molecule has 5 rings (SSSR count). The third-order valence-electron chi connectivity index (χ3n) is 6.44. The number of H-pyrrole nitrogens is 1. The van der Waals surface area contributed by atoms with E-state index in [0.29, 0.717) is 39.8 Å². The number of benzene rings is 1. The second-order valence-electron chi connectivity index (χ2n) is 8.46. The molecule has 0 bridgehead atoms. The minimum Gasteiger partial charge on any atom is -0.352 e. The molecule has 3 heterocycles. The largest absolute Gasteiger partial charge is 0.352 e. The monoisotopic (exact) mass is 456 g/mol. The summed E-state index contributed by atoms with van der Waals surface area (Å²) in [6.45, 7) is 4.67. The quantitative estimate of drug-likeness (QED) is 0.481. The van der Waals surface area contributed by atoms with Gasteiger partial charge in [0.1, 0.15) is 17.4 Å². The first-order valence-electron chi connectivity index (χ1n) is 10.9. The third kappa shape index (κ3) is 3.31. The molecular formula is C22H26ClFN8. The molecule has 0 amide bonds. The van der Waals surface area contributed by atoms with E-state index >= 15 is 0 Å². The van der Waals surface area contributed by atoms with Gasteiger partial charge in [0.25, 0.3) is 0 Å². The maximum absolute atomic E-state index is 14.8. The molecule has 0 radical (unpaired) electrons. The number of fused-ring (bicyclic) bond motifs is 2. The van der Waals surface area contributed by atoms with E-state index in [2.05, 4.69) is 15.3 Å². The summed E-state index contributed by atoms with van der Waals surface area (Å²) >= 11 is 6.74. The Morgan fingerprint density at radius 3 is 2.91 bits per heavy atom. The standard InChI is InChI=1S/C22H26ClFN8/c1-4-32-10-13-15(30-32)9-8-12(17(13)23)19-20-21(29-28-19)27-22(11(2)26-20)31(3)16-7-5-6-14(25)18(16)24/h8-10,14,16,18H,4-7,25H2,1-3H3,(H,27,28,29)/t14-,16+,18-/m0/s1. The van der Waals surface area contributed by atoms with Crippen LogP contribution in [0.15, 0.2) is 18.3 Å². The Hall–Kier alpha value is -2.78. The maximum atomic E-state index is 14.8. The highest BCUT2D eigenvalue weighted by Gasteiger charge is 2.35. The summed E-state index contributed by atoms with van der Waals surface area (Å²) in [5, 5.41) is 13.4. The molecule has 0 saturated heterocycles. The molecule has 1 aromatic carbocycles. The molecule has 4 aromatic rings. The topological polar surface area (TPSA) is 102 Å². The summed E-state index contributed by atoms with van der Waals surface area (Å²) in [5.41, 5.74) is 10.1. The van der Waals surface area contributed by atoms with Crippen LogP contribution in [0.4, 0.5) is 10.2 Å². The van der Waals surface area contributed by atoms with Crippen molar-refractivity contribution in [3.05, 3.63) is 29.0 Å². The maximum Gasteiger partial charge on any atom is 0.177 e. The van der Waals surface area contributed by atoms with Gasteiger partial charge in [0.15, 0.2) is 11.5 Å². The zero-order valence-electron chi connectivity index (χ0n) is 18.3. The fourth-order valence-corrected chi connectivity index (χ4v) is 4.92.